The maximum atomic E-state index is 4.75. The van der Waals surface area contributed by atoms with E-state index in [0.717, 1.165) is 25.6 Å². The Morgan fingerprint density at radius 2 is 2.14 bits per heavy atom. The second kappa shape index (κ2) is 6.76. The molecule has 3 atom stereocenters. The van der Waals surface area contributed by atoms with Crippen molar-refractivity contribution in [3.63, 3.8) is 0 Å². The predicted octanol–water partition coefficient (Wildman–Crippen LogP) is 3.75. The first-order chi connectivity index (χ1) is 9.88. The summed E-state index contributed by atoms with van der Waals surface area (Å²) >= 11 is 1.86. The normalized spacial score (nSPS) is 28.8. The smallest absolute Gasteiger partial charge is 0.107 e. The summed E-state index contributed by atoms with van der Waals surface area (Å²) in [5, 5.41) is 5.06. The summed E-state index contributed by atoms with van der Waals surface area (Å²) in [7, 11) is 0. The first-order valence-corrected chi connectivity index (χ1v) is 9.12. The van der Waals surface area contributed by atoms with Crippen LogP contribution in [0.4, 0.5) is 0 Å². The van der Waals surface area contributed by atoms with Crippen molar-refractivity contribution in [3.05, 3.63) is 15.6 Å². The lowest BCUT2D eigenvalue weighted by Gasteiger charge is -2.47. The molecule has 1 aromatic rings. The molecule has 0 saturated carbocycles. The molecular weight excluding hydrogens is 278 g/mol. The summed E-state index contributed by atoms with van der Waals surface area (Å²) < 4.78 is 0. The number of rotatable bonds is 5. The molecule has 0 aromatic carbocycles. The van der Waals surface area contributed by atoms with Crippen LogP contribution in [-0.2, 0) is 6.54 Å². The molecule has 0 amide bonds. The van der Waals surface area contributed by atoms with Gasteiger partial charge in [-0.3, -0.25) is 4.90 Å². The van der Waals surface area contributed by atoms with Crippen molar-refractivity contribution in [1.29, 1.82) is 0 Å². The fraction of sp³-hybridized carbons (Fsp3) is 0.824. The van der Waals surface area contributed by atoms with E-state index in [9.17, 15) is 0 Å². The standard InChI is InChI=1S/C17H31N3S/c1-7-12(3)15-9-18-17(6,8-2)11-20(15)10-16-19-13(4)14(5)21-16/h12,15,18H,7-11H2,1-6H3. The quantitative estimate of drug-likeness (QED) is 0.898. The SMILES string of the molecule is CCC(C)C1CNC(C)(CC)CN1Cc1nc(C)c(C)s1. The van der Waals surface area contributed by atoms with E-state index in [4.69, 9.17) is 4.98 Å². The van der Waals surface area contributed by atoms with E-state index in [2.05, 4.69) is 51.8 Å². The van der Waals surface area contributed by atoms with Gasteiger partial charge in [0, 0.05) is 29.5 Å². The topological polar surface area (TPSA) is 28.2 Å². The molecule has 1 aliphatic heterocycles. The Bertz CT molecular complexity index is 451. The van der Waals surface area contributed by atoms with E-state index < -0.39 is 0 Å². The van der Waals surface area contributed by atoms with Crippen LogP contribution >= 0.6 is 11.3 Å². The van der Waals surface area contributed by atoms with E-state index in [1.165, 1.54) is 28.4 Å². The van der Waals surface area contributed by atoms with Crippen molar-refractivity contribution >= 4 is 11.3 Å². The van der Waals surface area contributed by atoms with Crippen LogP contribution in [0.15, 0.2) is 0 Å². The van der Waals surface area contributed by atoms with E-state index in [0.29, 0.717) is 6.04 Å². The largest absolute Gasteiger partial charge is 0.309 e. The number of nitrogens with zero attached hydrogens (tertiary/aromatic N) is 2. The zero-order valence-electron chi connectivity index (χ0n) is 14.5. The van der Waals surface area contributed by atoms with Crippen molar-refractivity contribution in [3.8, 4) is 0 Å². The zero-order valence-corrected chi connectivity index (χ0v) is 15.3. The third-order valence-corrected chi connectivity index (χ3v) is 6.31. The van der Waals surface area contributed by atoms with Crippen LogP contribution in [0.1, 0.15) is 56.1 Å². The highest BCUT2D eigenvalue weighted by molar-refractivity contribution is 7.11. The molecule has 1 fully saturated rings. The van der Waals surface area contributed by atoms with Crippen LogP contribution in [0.3, 0.4) is 0 Å². The third kappa shape index (κ3) is 3.85. The number of hydrogen-bond acceptors (Lipinski definition) is 4. The van der Waals surface area contributed by atoms with Gasteiger partial charge in [-0.15, -0.1) is 11.3 Å². The molecule has 4 heteroatoms. The molecule has 1 aromatic heterocycles. The van der Waals surface area contributed by atoms with Crippen molar-refractivity contribution in [2.75, 3.05) is 13.1 Å². The first kappa shape index (κ1) is 16.9. The molecule has 0 radical (unpaired) electrons. The summed E-state index contributed by atoms with van der Waals surface area (Å²) in [5.74, 6) is 0.723. The van der Waals surface area contributed by atoms with Crippen LogP contribution < -0.4 is 5.32 Å². The monoisotopic (exact) mass is 309 g/mol. The maximum Gasteiger partial charge on any atom is 0.107 e. The Labute approximate surface area is 134 Å². The Kier molecular flexibility index (Phi) is 5.44. The number of aryl methyl sites for hydroxylation is 2. The average molecular weight is 310 g/mol. The lowest BCUT2D eigenvalue weighted by atomic mass is 9.88. The Balaban J connectivity index is 2.16. The molecule has 2 rings (SSSR count). The Hall–Kier alpha value is -0.450. The van der Waals surface area contributed by atoms with Gasteiger partial charge < -0.3 is 5.32 Å². The Morgan fingerprint density at radius 1 is 1.43 bits per heavy atom. The fourth-order valence-electron chi connectivity index (χ4n) is 3.13. The summed E-state index contributed by atoms with van der Waals surface area (Å²) in [5.41, 5.74) is 1.44. The number of aromatic nitrogens is 1. The summed E-state index contributed by atoms with van der Waals surface area (Å²) in [4.78, 5) is 8.79. The van der Waals surface area contributed by atoms with Gasteiger partial charge in [0.25, 0.3) is 0 Å². The summed E-state index contributed by atoms with van der Waals surface area (Å²) in [6, 6.07) is 0.624. The number of piperazine rings is 1. The van der Waals surface area contributed by atoms with Gasteiger partial charge in [0.1, 0.15) is 5.01 Å². The van der Waals surface area contributed by atoms with Gasteiger partial charge >= 0.3 is 0 Å². The molecule has 1 saturated heterocycles. The highest BCUT2D eigenvalue weighted by atomic mass is 32.1. The van der Waals surface area contributed by atoms with Crippen molar-refractivity contribution in [2.45, 2.75) is 72.5 Å². The second-order valence-corrected chi connectivity index (χ2v) is 8.19. The molecular formula is C17H31N3S. The van der Waals surface area contributed by atoms with Crippen molar-refractivity contribution in [2.24, 2.45) is 5.92 Å². The molecule has 2 heterocycles. The van der Waals surface area contributed by atoms with Crippen LogP contribution in [0.2, 0.25) is 0 Å². The first-order valence-electron chi connectivity index (χ1n) is 8.30. The highest BCUT2D eigenvalue weighted by Gasteiger charge is 2.36. The highest BCUT2D eigenvalue weighted by Crippen LogP contribution is 2.27. The predicted molar refractivity (Wildman–Crippen MR) is 91.9 cm³/mol. The van der Waals surface area contributed by atoms with E-state index in [-0.39, 0.29) is 5.54 Å². The molecule has 0 bridgehead atoms. The van der Waals surface area contributed by atoms with E-state index >= 15 is 0 Å². The van der Waals surface area contributed by atoms with Gasteiger partial charge in [0.2, 0.25) is 0 Å². The van der Waals surface area contributed by atoms with Crippen LogP contribution in [0, 0.1) is 19.8 Å². The van der Waals surface area contributed by atoms with Gasteiger partial charge in [-0.05, 0) is 33.1 Å². The summed E-state index contributed by atoms with van der Waals surface area (Å²) in [6.07, 6.45) is 2.41. The molecule has 3 unspecified atom stereocenters. The van der Waals surface area contributed by atoms with Crippen molar-refractivity contribution < 1.29 is 0 Å². The Morgan fingerprint density at radius 3 is 2.67 bits per heavy atom. The van der Waals surface area contributed by atoms with Gasteiger partial charge in [0.15, 0.2) is 0 Å². The fourth-order valence-corrected chi connectivity index (χ4v) is 4.08. The minimum absolute atomic E-state index is 0.241. The lowest BCUT2D eigenvalue weighted by molar-refractivity contribution is 0.0486. The second-order valence-electron chi connectivity index (χ2n) is 6.90. The minimum Gasteiger partial charge on any atom is -0.309 e. The molecule has 21 heavy (non-hydrogen) atoms. The van der Waals surface area contributed by atoms with Gasteiger partial charge in [0.05, 0.1) is 12.2 Å². The van der Waals surface area contributed by atoms with Gasteiger partial charge in [-0.2, -0.15) is 0 Å². The molecule has 0 spiro atoms. The van der Waals surface area contributed by atoms with Crippen LogP contribution in [0.25, 0.3) is 0 Å². The minimum atomic E-state index is 0.241. The molecule has 1 aliphatic rings. The zero-order chi connectivity index (χ0) is 15.6. The number of nitrogens with one attached hydrogen (secondary N) is 1. The maximum absolute atomic E-state index is 4.75. The number of hydrogen-bond donors (Lipinski definition) is 1. The van der Waals surface area contributed by atoms with E-state index in [1.54, 1.807) is 0 Å². The third-order valence-electron chi connectivity index (χ3n) is 5.25. The molecule has 3 nitrogen and oxygen atoms in total. The molecule has 120 valence electrons. The van der Waals surface area contributed by atoms with E-state index in [1.807, 2.05) is 11.3 Å². The van der Waals surface area contributed by atoms with Crippen LogP contribution in [0.5, 0.6) is 0 Å². The summed E-state index contributed by atoms with van der Waals surface area (Å²) in [6.45, 7) is 16.8. The number of thiazole rings is 1. The lowest BCUT2D eigenvalue weighted by Crippen LogP contribution is -2.63. The van der Waals surface area contributed by atoms with Gasteiger partial charge in [-0.1, -0.05) is 27.2 Å². The average Bonchev–Trinajstić information content (AvgIpc) is 2.76. The van der Waals surface area contributed by atoms with Gasteiger partial charge in [-0.25, -0.2) is 4.98 Å². The molecule has 1 N–H and O–H groups in total. The van der Waals surface area contributed by atoms with Crippen LogP contribution in [-0.4, -0.2) is 34.6 Å². The molecule has 0 aliphatic carbocycles. The van der Waals surface area contributed by atoms with Crippen molar-refractivity contribution in [1.82, 2.24) is 15.2 Å².